The lowest BCUT2D eigenvalue weighted by atomic mass is 9.87. The molecule has 0 radical (unpaired) electrons. The Kier molecular flexibility index (Phi) is 8.29. The lowest BCUT2D eigenvalue weighted by Gasteiger charge is -2.39. The summed E-state index contributed by atoms with van der Waals surface area (Å²) in [5.74, 6) is -0.894. The van der Waals surface area contributed by atoms with Gasteiger partial charge in [0.05, 0.1) is 20.1 Å². The van der Waals surface area contributed by atoms with Crippen molar-refractivity contribution in [3.05, 3.63) is 0 Å². The van der Waals surface area contributed by atoms with Crippen LogP contribution < -0.4 is 10.6 Å². The summed E-state index contributed by atoms with van der Waals surface area (Å²) in [6, 6.07) is 0. The summed E-state index contributed by atoms with van der Waals surface area (Å²) in [5.41, 5.74) is -0.796. The van der Waals surface area contributed by atoms with E-state index in [0.717, 1.165) is 0 Å². The summed E-state index contributed by atoms with van der Waals surface area (Å²) in [7, 11) is -2.85. The number of hydrogen-bond donors (Lipinski definition) is 2. The number of ether oxygens (including phenoxy) is 2. The van der Waals surface area contributed by atoms with Crippen molar-refractivity contribution in [2.24, 2.45) is 5.41 Å². The molecule has 1 amide bonds. The van der Waals surface area contributed by atoms with E-state index in [1.807, 2.05) is 0 Å². The van der Waals surface area contributed by atoms with E-state index < -0.39 is 44.0 Å². The number of hydrogen-bond acceptors (Lipinski definition) is 11. The van der Waals surface area contributed by atoms with E-state index in [-0.39, 0.29) is 24.8 Å². The zero-order chi connectivity index (χ0) is 20.8. The molecule has 0 saturated carbocycles. The van der Waals surface area contributed by atoms with Crippen molar-refractivity contribution < 1.29 is 42.0 Å². The number of phosphoric ester groups is 1. The van der Waals surface area contributed by atoms with Crippen LogP contribution in [0.1, 0.15) is 20.3 Å². The van der Waals surface area contributed by atoms with Crippen LogP contribution in [0.4, 0.5) is 0 Å². The number of rotatable bonds is 8. The zero-order valence-electron chi connectivity index (χ0n) is 15.9. The van der Waals surface area contributed by atoms with E-state index in [0.29, 0.717) is 12.4 Å². The summed E-state index contributed by atoms with van der Waals surface area (Å²) < 4.78 is 37.6. The first-order valence-electron chi connectivity index (χ1n) is 8.58. The first-order valence-corrected chi connectivity index (χ1v) is 11.1. The molecule has 2 heterocycles. The Morgan fingerprint density at radius 1 is 1.36 bits per heavy atom. The average Bonchev–Trinajstić information content (AvgIpc) is 3.18. The molecular weight excluding hydrogens is 415 g/mol. The predicted molar refractivity (Wildman–Crippen MR) is 98.1 cm³/mol. The summed E-state index contributed by atoms with van der Waals surface area (Å²) in [4.78, 5) is 35.4. The van der Waals surface area contributed by atoms with Crippen LogP contribution in [0.3, 0.4) is 0 Å². The van der Waals surface area contributed by atoms with Crippen LogP contribution in [-0.4, -0.2) is 68.7 Å². The average molecular weight is 440 g/mol. The Morgan fingerprint density at radius 3 is 2.75 bits per heavy atom. The van der Waals surface area contributed by atoms with Crippen LogP contribution in [0.2, 0.25) is 0 Å². The summed E-state index contributed by atoms with van der Waals surface area (Å²) in [5, 5.41) is 5.17. The van der Waals surface area contributed by atoms with Gasteiger partial charge in [0.15, 0.2) is 6.10 Å². The standard InChI is InChI=1S/C15H25N2O9PS/c1-15(2)7-24-27(21,25-9-23-14(20)10-6-16-8-28-10)26-12(15)13(19)17-5-4-11(18)22-3/h10,12,16H,4-9H2,1-3H3,(H,17,19)/t10?,12-,27?/m0/s1. The monoisotopic (exact) mass is 440 g/mol. The van der Waals surface area contributed by atoms with Crippen molar-refractivity contribution in [3.8, 4) is 0 Å². The third kappa shape index (κ3) is 6.43. The fraction of sp³-hybridized carbons (Fsp3) is 0.800. The molecule has 0 bridgehead atoms. The second-order valence-corrected chi connectivity index (χ2v) is 9.59. The van der Waals surface area contributed by atoms with Crippen molar-refractivity contribution in [3.63, 3.8) is 0 Å². The SMILES string of the molecule is COC(=O)CCNC(=O)[C@@H]1OP(=O)(OCOC(=O)C2CNCS2)OCC1(C)C. The fourth-order valence-electron chi connectivity index (χ4n) is 2.38. The minimum atomic E-state index is -4.10. The van der Waals surface area contributed by atoms with Crippen LogP contribution in [0.25, 0.3) is 0 Å². The lowest BCUT2D eigenvalue weighted by molar-refractivity contribution is -0.155. The summed E-state index contributed by atoms with van der Waals surface area (Å²) >= 11 is 1.39. The molecule has 0 aromatic carbocycles. The Balaban J connectivity index is 1.86. The molecule has 0 aromatic heterocycles. The number of methoxy groups -OCH3 is 1. The Hall–Kier alpha value is -1.17. The molecule has 2 fully saturated rings. The topological polar surface area (TPSA) is 138 Å². The van der Waals surface area contributed by atoms with Crippen LogP contribution in [-0.2, 0) is 42.0 Å². The number of carbonyl (C=O) groups is 3. The van der Waals surface area contributed by atoms with Crippen LogP contribution in [0.5, 0.6) is 0 Å². The van der Waals surface area contributed by atoms with Crippen molar-refractivity contribution in [2.75, 3.05) is 39.5 Å². The molecule has 2 aliphatic rings. The third-order valence-electron chi connectivity index (χ3n) is 4.02. The van der Waals surface area contributed by atoms with Crippen molar-refractivity contribution >= 4 is 37.4 Å². The number of esters is 2. The van der Waals surface area contributed by atoms with E-state index in [1.165, 1.54) is 18.9 Å². The molecule has 2 N–H and O–H groups in total. The smallest absolute Gasteiger partial charge is 0.469 e. The van der Waals surface area contributed by atoms with Gasteiger partial charge < -0.3 is 20.1 Å². The van der Waals surface area contributed by atoms with Gasteiger partial charge in [0, 0.05) is 24.4 Å². The fourth-order valence-corrected chi connectivity index (χ4v) is 4.76. The van der Waals surface area contributed by atoms with Gasteiger partial charge in [-0.2, -0.15) is 0 Å². The normalized spacial score (nSPS) is 29.1. The molecule has 3 atom stereocenters. The lowest BCUT2D eigenvalue weighted by Crippen LogP contribution is -2.50. The molecule has 28 heavy (non-hydrogen) atoms. The summed E-state index contributed by atoms with van der Waals surface area (Å²) in [6.45, 7) is 3.23. The van der Waals surface area contributed by atoms with Crippen LogP contribution in [0, 0.1) is 5.41 Å². The molecule has 2 unspecified atom stereocenters. The molecule has 2 rings (SSSR count). The third-order valence-corrected chi connectivity index (χ3v) is 6.49. The molecule has 2 aliphatic heterocycles. The quantitative estimate of drug-likeness (QED) is 0.308. The minimum Gasteiger partial charge on any atom is -0.469 e. The highest BCUT2D eigenvalue weighted by atomic mass is 32.2. The Morgan fingerprint density at radius 2 is 2.11 bits per heavy atom. The van der Waals surface area contributed by atoms with E-state index in [2.05, 4.69) is 15.4 Å². The molecular formula is C15H25N2O9PS. The highest BCUT2D eigenvalue weighted by Gasteiger charge is 2.49. The van der Waals surface area contributed by atoms with Gasteiger partial charge in [0.2, 0.25) is 12.7 Å². The van der Waals surface area contributed by atoms with Crippen molar-refractivity contribution in [1.29, 1.82) is 0 Å². The van der Waals surface area contributed by atoms with Crippen LogP contribution in [0.15, 0.2) is 0 Å². The van der Waals surface area contributed by atoms with Gasteiger partial charge in [-0.05, 0) is 0 Å². The molecule has 0 aliphatic carbocycles. The number of carbonyl (C=O) groups excluding carboxylic acids is 3. The van der Waals surface area contributed by atoms with Gasteiger partial charge >= 0.3 is 19.8 Å². The first-order chi connectivity index (χ1) is 13.2. The van der Waals surface area contributed by atoms with Gasteiger partial charge in [0.1, 0.15) is 5.25 Å². The van der Waals surface area contributed by atoms with Crippen molar-refractivity contribution in [2.45, 2.75) is 31.6 Å². The van der Waals surface area contributed by atoms with E-state index >= 15 is 0 Å². The second kappa shape index (κ2) is 10.0. The van der Waals surface area contributed by atoms with Gasteiger partial charge in [0.25, 0.3) is 0 Å². The van der Waals surface area contributed by atoms with E-state index in [1.54, 1.807) is 13.8 Å². The maximum atomic E-state index is 12.6. The molecule has 13 heteroatoms. The Bertz CT molecular complexity index is 639. The number of thioether (sulfide) groups is 1. The van der Waals surface area contributed by atoms with E-state index in [4.69, 9.17) is 18.3 Å². The van der Waals surface area contributed by atoms with Gasteiger partial charge in [-0.25, -0.2) is 9.09 Å². The number of nitrogens with one attached hydrogen (secondary N) is 2. The highest BCUT2D eigenvalue weighted by molar-refractivity contribution is 8.00. The van der Waals surface area contributed by atoms with Gasteiger partial charge in [-0.1, -0.05) is 13.8 Å². The predicted octanol–water partition coefficient (Wildman–Crippen LogP) is 0.395. The van der Waals surface area contributed by atoms with Crippen LogP contribution >= 0.6 is 19.6 Å². The van der Waals surface area contributed by atoms with Gasteiger partial charge in [-0.15, -0.1) is 11.8 Å². The maximum Gasteiger partial charge on any atom is 0.478 e. The van der Waals surface area contributed by atoms with Gasteiger partial charge in [-0.3, -0.25) is 23.4 Å². The molecule has 2 saturated heterocycles. The number of amides is 1. The Labute approximate surface area is 167 Å². The second-order valence-electron chi connectivity index (χ2n) is 6.78. The first kappa shape index (κ1) is 23.1. The molecule has 0 spiro atoms. The number of phosphoric acid groups is 1. The molecule has 0 aromatic rings. The molecule has 11 nitrogen and oxygen atoms in total. The van der Waals surface area contributed by atoms with Crippen molar-refractivity contribution in [1.82, 2.24) is 10.6 Å². The molecule has 160 valence electrons. The maximum absolute atomic E-state index is 12.6. The minimum absolute atomic E-state index is 0.00988. The summed E-state index contributed by atoms with van der Waals surface area (Å²) in [6.07, 6.45) is -1.15. The zero-order valence-corrected chi connectivity index (χ0v) is 17.6. The largest absolute Gasteiger partial charge is 0.478 e. The highest BCUT2D eigenvalue weighted by Crippen LogP contribution is 2.57. The van der Waals surface area contributed by atoms with E-state index in [9.17, 15) is 18.9 Å².